The molecule has 3 aromatic rings. The van der Waals surface area contributed by atoms with Crippen molar-refractivity contribution in [2.75, 3.05) is 58.4 Å². The van der Waals surface area contributed by atoms with E-state index in [0.29, 0.717) is 48.9 Å². The SMILES string of the molecule is C=CCN(CC(=O)N1CCCN(c2ccc(-c3ccc(OC)cc3OC)nn2)CC1)C(=O)c1ccccc1. The Balaban J connectivity index is 1.39. The molecule has 1 saturated heterocycles. The molecule has 2 amide bonds. The van der Waals surface area contributed by atoms with Crippen LogP contribution in [0.25, 0.3) is 11.3 Å². The van der Waals surface area contributed by atoms with Crippen LogP contribution in [0.1, 0.15) is 16.8 Å². The summed E-state index contributed by atoms with van der Waals surface area (Å²) in [7, 11) is 3.22. The fraction of sp³-hybridized carbons (Fsp3) is 0.310. The molecular formula is C29H33N5O4. The molecule has 1 fully saturated rings. The fourth-order valence-corrected chi connectivity index (χ4v) is 4.45. The summed E-state index contributed by atoms with van der Waals surface area (Å²) in [6.45, 7) is 6.60. The maximum absolute atomic E-state index is 13.2. The van der Waals surface area contributed by atoms with Crippen LogP contribution in [0.5, 0.6) is 11.5 Å². The van der Waals surface area contributed by atoms with Crippen LogP contribution in [0.4, 0.5) is 5.82 Å². The van der Waals surface area contributed by atoms with E-state index in [9.17, 15) is 9.59 Å². The highest BCUT2D eigenvalue weighted by molar-refractivity contribution is 5.96. The van der Waals surface area contributed by atoms with E-state index in [0.717, 1.165) is 24.3 Å². The first kappa shape index (κ1) is 26.7. The van der Waals surface area contributed by atoms with E-state index in [4.69, 9.17) is 9.47 Å². The van der Waals surface area contributed by atoms with E-state index < -0.39 is 0 Å². The summed E-state index contributed by atoms with van der Waals surface area (Å²) in [6.07, 6.45) is 2.43. The molecule has 0 aliphatic carbocycles. The molecule has 1 aromatic heterocycles. The van der Waals surface area contributed by atoms with Gasteiger partial charge in [0.1, 0.15) is 18.0 Å². The lowest BCUT2D eigenvalue weighted by Gasteiger charge is -2.26. The predicted octanol–water partition coefficient (Wildman–Crippen LogP) is 3.53. The third-order valence-corrected chi connectivity index (χ3v) is 6.49. The number of carbonyl (C=O) groups is 2. The number of carbonyl (C=O) groups excluding carboxylic acids is 2. The van der Waals surface area contributed by atoms with Crippen molar-refractivity contribution in [1.29, 1.82) is 0 Å². The summed E-state index contributed by atoms with van der Waals surface area (Å²) in [6, 6.07) is 18.4. The number of benzene rings is 2. The third kappa shape index (κ3) is 6.29. The van der Waals surface area contributed by atoms with Crippen LogP contribution in [0.15, 0.2) is 73.3 Å². The second-order valence-electron chi connectivity index (χ2n) is 8.90. The van der Waals surface area contributed by atoms with Crippen LogP contribution in [0, 0.1) is 0 Å². The van der Waals surface area contributed by atoms with Crippen molar-refractivity contribution in [1.82, 2.24) is 20.0 Å². The van der Waals surface area contributed by atoms with Gasteiger partial charge in [0, 0.05) is 49.9 Å². The van der Waals surface area contributed by atoms with Gasteiger partial charge in [0.05, 0.1) is 19.9 Å². The van der Waals surface area contributed by atoms with Gasteiger partial charge in [-0.2, -0.15) is 0 Å². The lowest BCUT2D eigenvalue weighted by molar-refractivity contribution is -0.131. The monoisotopic (exact) mass is 515 g/mol. The number of hydrogen-bond acceptors (Lipinski definition) is 7. The van der Waals surface area contributed by atoms with Gasteiger partial charge < -0.3 is 24.2 Å². The van der Waals surface area contributed by atoms with E-state index in [2.05, 4.69) is 21.7 Å². The van der Waals surface area contributed by atoms with Gasteiger partial charge in [0.15, 0.2) is 5.82 Å². The maximum Gasteiger partial charge on any atom is 0.254 e. The highest BCUT2D eigenvalue weighted by Gasteiger charge is 2.24. The van der Waals surface area contributed by atoms with E-state index in [1.54, 1.807) is 32.4 Å². The summed E-state index contributed by atoms with van der Waals surface area (Å²) in [5.41, 5.74) is 2.08. The Kier molecular flexibility index (Phi) is 8.92. The molecule has 0 atom stereocenters. The standard InChI is InChI=1S/C29H33N5O4/c1-4-15-34(29(36)22-9-6-5-7-10-22)21-28(35)33-17-8-16-32(18-19-33)27-14-13-25(30-31-27)24-12-11-23(37-2)20-26(24)38-3/h4-7,9-14,20H,1,8,15-19,21H2,2-3H3. The molecule has 1 aliphatic heterocycles. The fourth-order valence-electron chi connectivity index (χ4n) is 4.45. The average Bonchev–Trinajstić information content (AvgIpc) is 3.23. The second-order valence-corrected chi connectivity index (χ2v) is 8.90. The quantitative estimate of drug-likeness (QED) is 0.403. The first-order valence-electron chi connectivity index (χ1n) is 12.6. The van der Waals surface area contributed by atoms with Crippen molar-refractivity contribution in [3.63, 3.8) is 0 Å². The number of methoxy groups -OCH3 is 2. The number of amides is 2. The van der Waals surface area contributed by atoms with Crippen molar-refractivity contribution in [2.24, 2.45) is 0 Å². The van der Waals surface area contributed by atoms with Gasteiger partial charge in [-0.05, 0) is 42.8 Å². The van der Waals surface area contributed by atoms with Gasteiger partial charge in [-0.1, -0.05) is 24.3 Å². The van der Waals surface area contributed by atoms with Crippen LogP contribution in [-0.2, 0) is 4.79 Å². The number of aromatic nitrogens is 2. The summed E-state index contributed by atoms with van der Waals surface area (Å²) >= 11 is 0. The number of ether oxygens (including phenoxy) is 2. The van der Waals surface area contributed by atoms with Gasteiger partial charge in [0.2, 0.25) is 5.91 Å². The minimum Gasteiger partial charge on any atom is -0.497 e. The first-order valence-corrected chi connectivity index (χ1v) is 12.6. The molecule has 38 heavy (non-hydrogen) atoms. The Hall–Kier alpha value is -4.40. The largest absolute Gasteiger partial charge is 0.497 e. The molecule has 0 radical (unpaired) electrons. The van der Waals surface area contributed by atoms with Crippen LogP contribution < -0.4 is 14.4 Å². The first-order chi connectivity index (χ1) is 18.5. The minimum absolute atomic E-state index is 0.0118. The van der Waals surface area contributed by atoms with Crippen molar-refractivity contribution in [3.05, 3.63) is 78.9 Å². The molecule has 1 aliphatic rings. The molecule has 2 aromatic carbocycles. The second kappa shape index (κ2) is 12.7. The smallest absolute Gasteiger partial charge is 0.254 e. The normalized spacial score (nSPS) is 13.4. The van der Waals surface area contributed by atoms with Gasteiger partial charge in [-0.3, -0.25) is 9.59 Å². The molecule has 198 valence electrons. The van der Waals surface area contributed by atoms with Gasteiger partial charge in [-0.15, -0.1) is 16.8 Å². The Morgan fingerprint density at radius 2 is 1.79 bits per heavy atom. The summed E-state index contributed by atoms with van der Waals surface area (Å²) in [4.78, 5) is 31.6. The van der Waals surface area contributed by atoms with Crippen molar-refractivity contribution in [3.8, 4) is 22.8 Å². The molecule has 0 bridgehead atoms. The van der Waals surface area contributed by atoms with Crippen molar-refractivity contribution >= 4 is 17.6 Å². The molecule has 0 saturated carbocycles. The highest BCUT2D eigenvalue weighted by Crippen LogP contribution is 2.32. The summed E-state index contributed by atoms with van der Waals surface area (Å²) in [5.74, 6) is 1.86. The highest BCUT2D eigenvalue weighted by atomic mass is 16.5. The minimum atomic E-state index is -0.181. The van der Waals surface area contributed by atoms with E-state index in [1.165, 1.54) is 4.90 Å². The number of rotatable bonds is 9. The Morgan fingerprint density at radius 1 is 0.974 bits per heavy atom. The molecule has 0 unspecified atom stereocenters. The number of hydrogen-bond donors (Lipinski definition) is 0. The van der Waals surface area contributed by atoms with E-state index in [-0.39, 0.29) is 18.4 Å². The molecule has 2 heterocycles. The Labute approximate surface area is 223 Å². The summed E-state index contributed by atoms with van der Waals surface area (Å²) in [5, 5.41) is 8.89. The van der Waals surface area contributed by atoms with Crippen LogP contribution in [-0.4, -0.2) is 85.3 Å². The predicted molar refractivity (Wildman–Crippen MR) is 147 cm³/mol. The zero-order valence-corrected chi connectivity index (χ0v) is 21.9. The van der Waals surface area contributed by atoms with Crippen LogP contribution in [0.2, 0.25) is 0 Å². The average molecular weight is 516 g/mol. The van der Waals surface area contributed by atoms with E-state index >= 15 is 0 Å². The van der Waals surface area contributed by atoms with Crippen molar-refractivity contribution < 1.29 is 19.1 Å². The molecule has 9 nitrogen and oxygen atoms in total. The molecular weight excluding hydrogens is 482 g/mol. The van der Waals surface area contributed by atoms with Crippen LogP contribution >= 0.6 is 0 Å². The number of nitrogens with zero attached hydrogens (tertiary/aromatic N) is 5. The van der Waals surface area contributed by atoms with Gasteiger partial charge in [0.25, 0.3) is 5.91 Å². The zero-order valence-electron chi connectivity index (χ0n) is 21.9. The Morgan fingerprint density at radius 3 is 2.47 bits per heavy atom. The molecule has 0 N–H and O–H groups in total. The zero-order chi connectivity index (χ0) is 26.9. The van der Waals surface area contributed by atoms with Crippen molar-refractivity contribution in [2.45, 2.75) is 6.42 Å². The van der Waals surface area contributed by atoms with E-state index in [1.807, 2.05) is 53.4 Å². The third-order valence-electron chi connectivity index (χ3n) is 6.49. The van der Waals surface area contributed by atoms with Crippen LogP contribution in [0.3, 0.4) is 0 Å². The maximum atomic E-state index is 13.2. The molecule has 4 rings (SSSR count). The topological polar surface area (TPSA) is 88.1 Å². The molecule has 0 spiro atoms. The Bertz CT molecular complexity index is 1250. The lowest BCUT2D eigenvalue weighted by atomic mass is 10.1. The number of anilines is 1. The van der Waals surface area contributed by atoms with Gasteiger partial charge in [-0.25, -0.2) is 0 Å². The molecule has 9 heteroatoms. The van der Waals surface area contributed by atoms with Gasteiger partial charge >= 0.3 is 0 Å². The lowest BCUT2D eigenvalue weighted by Crippen LogP contribution is -2.44. The summed E-state index contributed by atoms with van der Waals surface area (Å²) < 4.78 is 10.8.